The van der Waals surface area contributed by atoms with E-state index in [1.54, 1.807) is 19.2 Å². The molecule has 1 heterocycles. The van der Waals surface area contributed by atoms with Crippen LogP contribution in [-0.4, -0.2) is 30.9 Å². The Bertz CT molecular complexity index is 1310. The van der Waals surface area contributed by atoms with Crippen LogP contribution >= 0.6 is 45.2 Å². The number of Topliss-reactive ketones (excluding diaryl/α,β-unsaturated/α-hetero) is 1. The van der Waals surface area contributed by atoms with E-state index in [4.69, 9.17) is 15.2 Å². The summed E-state index contributed by atoms with van der Waals surface area (Å²) in [5.41, 5.74) is 9.96. The summed E-state index contributed by atoms with van der Waals surface area (Å²) in [6.45, 7) is 5.34. The first kappa shape index (κ1) is 27.9. The fourth-order valence-corrected chi connectivity index (χ4v) is 7.09. The lowest BCUT2D eigenvalue weighted by molar-refractivity contribution is -0.118. The van der Waals surface area contributed by atoms with Crippen molar-refractivity contribution in [2.75, 3.05) is 20.3 Å². The average molecular weight is 727 g/mol. The highest BCUT2D eigenvalue weighted by Crippen LogP contribution is 2.49. The van der Waals surface area contributed by atoms with Crippen LogP contribution in [-0.2, 0) is 16.1 Å². The molecular weight excluding hydrogens is 699 g/mol. The predicted molar refractivity (Wildman–Crippen MR) is 156 cm³/mol. The Morgan fingerprint density at radius 1 is 1.19 bits per heavy atom. The average Bonchev–Trinajstić information content (AvgIpc) is 2.82. The normalized spacial score (nSPS) is 19.1. The van der Waals surface area contributed by atoms with E-state index in [1.807, 2.05) is 17.0 Å². The number of allylic oxidation sites excluding steroid dienone is 3. The fraction of sp³-hybridized carbons (Fsp3) is 0.357. The number of ketones is 1. The second-order valence-electron chi connectivity index (χ2n) is 10.0. The van der Waals surface area contributed by atoms with Gasteiger partial charge in [-0.15, -0.1) is 0 Å². The SMILES string of the molecule is COCCN1C(N)=C(C#N)[C@@H](c2cc(I)c(OCc3ccc(F)cc3)c(I)c2)C2=C1CC(C)(C)CC2=O. The van der Waals surface area contributed by atoms with Gasteiger partial charge in [-0.05, 0) is 92.4 Å². The summed E-state index contributed by atoms with van der Waals surface area (Å²) in [5, 5.41) is 10.2. The van der Waals surface area contributed by atoms with Crippen molar-refractivity contribution in [1.29, 1.82) is 5.26 Å². The fourth-order valence-electron chi connectivity index (χ4n) is 4.97. The minimum Gasteiger partial charge on any atom is -0.487 e. The van der Waals surface area contributed by atoms with E-state index in [0.29, 0.717) is 55.3 Å². The molecule has 4 rings (SSSR count). The van der Waals surface area contributed by atoms with Gasteiger partial charge in [0.2, 0.25) is 0 Å². The number of hydrogen-bond donors (Lipinski definition) is 1. The van der Waals surface area contributed by atoms with Crippen LogP contribution in [0.15, 0.2) is 59.1 Å². The van der Waals surface area contributed by atoms with E-state index in [1.165, 1.54) is 12.1 Å². The van der Waals surface area contributed by atoms with Gasteiger partial charge in [-0.3, -0.25) is 4.79 Å². The van der Waals surface area contributed by atoms with Crippen molar-refractivity contribution in [2.24, 2.45) is 11.1 Å². The molecule has 0 aromatic heterocycles. The Morgan fingerprint density at radius 3 is 2.43 bits per heavy atom. The standard InChI is InChI=1S/C28H28FI2N3O3/c1-28(2)12-22-25(23(35)13-28)24(19(14-32)27(33)34(22)8-9-36-3)17-10-20(30)26(21(31)11-17)37-15-16-4-6-18(29)7-5-16/h4-7,10-11,24H,8-9,12-13,15,33H2,1-3H3/t24-/m1/s1. The molecule has 0 amide bonds. The second kappa shape index (κ2) is 11.3. The van der Waals surface area contributed by atoms with Gasteiger partial charge in [0.25, 0.3) is 0 Å². The maximum Gasteiger partial charge on any atom is 0.162 e. The third kappa shape index (κ3) is 5.81. The molecule has 0 bridgehead atoms. The highest BCUT2D eigenvalue weighted by molar-refractivity contribution is 14.1. The van der Waals surface area contributed by atoms with Crippen LogP contribution in [0, 0.1) is 29.7 Å². The molecule has 1 aliphatic carbocycles. The quantitative estimate of drug-likeness (QED) is 0.353. The molecular formula is C28H28FI2N3O3. The molecule has 0 fully saturated rings. The number of ether oxygens (including phenoxy) is 2. The highest BCUT2D eigenvalue weighted by Gasteiger charge is 2.44. The lowest BCUT2D eigenvalue weighted by atomic mass is 9.68. The maximum absolute atomic E-state index is 13.6. The van der Waals surface area contributed by atoms with E-state index >= 15 is 0 Å². The number of benzene rings is 2. The first-order chi connectivity index (χ1) is 17.6. The minimum atomic E-state index is -0.546. The summed E-state index contributed by atoms with van der Waals surface area (Å²) < 4.78 is 26.3. The first-order valence-corrected chi connectivity index (χ1v) is 14.0. The molecule has 37 heavy (non-hydrogen) atoms. The van der Waals surface area contributed by atoms with Gasteiger partial charge in [0.1, 0.15) is 24.0 Å². The van der Waals surface area contributed by atoms with Crippen LogP contribution in [0.1, 0.15) is 43.7 Å². The highest BCUT2D eigenvalue weighted by atomic mass is 127. The maximum atomic E-state index is 13.6. The molecule has 194 valence electrons. The predicted octanol–water partition coefficient (Wildman–Crippen LogP) is 6.00. The van der Waals surface area contributed by atoms with E-state index in [0.717, 1.165) is 24.0 Å². The van der Waals surface area contributed by atoms with E-state index < -0.39 is 5.92 Å². The Kier molecular flexibility index (Phi) is 8.50. The van der Waals surface area contributed by atoms with Gasteiger partial charge >= 0.3 is 0 Å². The Balaban J connectivity index is 1.76. The molecule has 1 atom stereocenters. The molecule has 2 aromatic carbocycles. The summed E-state index contributed by atoms with van der Waals surface area (Å²) in [5.74, 6) is 0.277. The van der Waals surface area contributed by atoms with E-state index in [9.17, 15) is 14.4 Å². The van der Waals surface area contributed by atoms with Crippen LogP contribution in [0.3, 0.4) is 0 Å². The lowest BCUT2D eigenvalue weighted by Crippen LogP contribution is -2.43. The van der Waals surface area contributed by atoms with Crippen LogP contribution < -0.4 is 10.5 Å². The Morgan fingerprint density at radius 2 is 1.84 bits per heavy atom. The molecule has 0 spiro atoms. The number of carbonyl (C=O) groups excluding carboxylic acids is 1. The molecule has 0 saturated carbocycles. The zero-order valence-electron chi connectivity index (χ0n) is 20.9. The largest absolute Gasteiger partial charge is 0.487 e. The number of hydrogen-bond acceptors (Lipinski definition) is 6. The third-order valence-corrected chi connectivity index (χ3v) is 8.26. The molecule has 9 heteroatoms. The van der Waals surface area contributed by atoms with Gasteiger partial charge in [-0.1, -0.05) is 26.0 Å². The Labute approximate surface area is 244 Å². The number of nitriles is 1. The number of methoxy groups -OCH3 is 1. The van der Waals surface area contributed by atoms with Gasteiger partial charge < -0.3 is 20.1 Å². The zero-order chi connectivity index (χ0) is 26.9. The number of rotatable bonds is 7. The van der Waals surface area contributed by atoms with Crippen LogP contribution in [0.4, 0.5) is 4.39 Å². The van der Waals surface area contributed by atoms with Crippen molar-refractivity contribution in [3.63, 3.8) is 0 Å². The Hall–Kier alpha value is -2.17. The summed E-state index contributed by atoms with van der Waals surface area (Å²) in [6, 6.07) is 12.4. The van der Waals surface area contributed by atoms with E-state index in [2.05, 4.69) is 65.1 Å². The van der Waals surface area contributed by atoms with Gasteiger partial charge in [0.05, 0.1) is 31.3 Å². The van der Waals surface area contributed by atoms with Crippen molar-refractivity contribution in [3.05, 3.63) is 83.1 Å². The van der Waals surface area contributed by atoms with Gasteiger partial charge in [0, 0.05) is 31.3 Å². The van der Waals surface area contributed by atoms with Crippen LogP contribution in [0.2, 0.25) is 0 Å². The molecule has 0 radical (unpaired) electrons. The first-order valence-electron chi connectivity index (χ1n) is 11.8. The zero-order valence-corrected chi connectivity index (χ0v) is 25.2. The second-order valence-corrected chi connectivity index (χ2v) is 12.3. The smallest absolute Gasteiger partial charge is 0.162 e. The molecule has 2 aliphatic rings. The lowest BCUT2D eigenvalue weighted by Gasteiger charge is -2.43. The van der Waals surface area contributed by atoms with Crippen molar-refractivity contribution in [3.8, 4) is 11.8 Å². The van der Waals surface area contributed by atoms with Gasteiger partial charge in [0.15, 0.2) is 5.78 Å². The van der Waals surface area contributed by atoms with Crippen molar-refractivity contribution >= 4 is 51.0 Å². The molecule has 1 aliphatic heterocycles. The van der Waals surface area contributed by atoms with Crippen molar-refractivity contribution < 1.29 is 18.7 Å². The van der Waals surface area contributed by atoms with E-state index in [-0.39, 0.29) is 17.0 Å². The number of halogens is 3. The minimum absolute atomic E-state index is 0.0422. The number of carbonyl (C=O) groups is 1. The van der Waals surface area contributed by atoms with Crippen LogP contribution in [0.25, 0.3) is 0 Å². The monoisotopic (exact) mass is 727 g/mol. The summed E-state index contributed by atoms with van der Waals surface area (Å²) in [4.78, 5) is 15.5. The van der Waals surface area contributed by atoms with Gasteiger partial charge in [-0.25, -0.2) is 4.39 Å². The number of nitrogens with zero attached hydrogens (tertiary/aromatic N) is 2. The summed E-state index contributed by atoms with van der Waals surface area (Å²) in [6.07, 6.45) is 1.09. The van der Waals surface area contributed by atoms with Crippen molar-refractivity contribution in [1.82, 2.24) is 4.90 Å². The van der Waals surface area contributed by atoms with Crippen LogP contribution in [0.5, 0.6) is 5.75 Å². The molecule has 2 N–H and O–H groups in total. The van der Waals surface area contributed by atoms with Gasteiger partial charge in [-0.2, -0.15) is 5.26 Å². The number of nitrogens with two attached hydrogens (primary N) is 1. The summed E-state index contributed by atoms with van der Waals surface area (Å²) in [7, 11) is 1.62. The third-order valence-electron chi connectivity index (χ3n) is 6.66. The molecule has 6 nitrogen and oxygen atoms in total. The topological polar surface area (TPSA) is 88.6 Å². The van der Waals surface area contributed by atoms with Crippen molar-refractivity contribution in [2.45, 2.75) is 39.2 Å². The summed E-state index contributed by atoms with van der Waals surface area (Å²) >= 11 is 4.43. The molecule has 2 aromatic rings. The molecule has 0 saturated heterocycles. The molecule has 0 unspecified atom stereocenters.